The lowest BCUT2D eigenvalue weighted by molar-refractivity contribution is 0.564. The lowest BCUT2D eigenvalue weighted by Gasteiger charge is -2.05. The van der Waals surface area contributed by atoms with E-state index in [0.717, 1.165) is 18.8 Å². The first-order chi connectivity index (χ1) is 8.70. The molecule has 0 aliphatic carbocycles. The third-order valence-electron chi connectivity index (χ3n) is 2.37. The summed E-state index contributed by atoms with van der Waals surface area (Å²) < 4.78 is 14.9. The molecule has 2 rings (SSSR count). The monoisotopic (exact) mass is 267 g/mol. The van der Waals surface area contributed by atoms with Crippen LogP contribution in [-0.4, -0.2) is 20.2 Å². The molecule has 1 aromatic heterocycles. The van der Waals surface area contributed by atoms with Crippen LogP contribution in [0, 0.1) is 5.82 Å². The van der Waals surface area contributed by atoms with Gasteiger partial charge in [0, 0.05) is 17.1 Å². The molecule has 0 aliphatic rings. The van der Waals surface area contributed by atoms with E-state index in [4.69, 9.17) is 5.73 Å². The summed E-state index contributed by atoms with van der Waals surface area (Å²) in [6.07, 6.45) is 0.963. The van der Waals surface area contributed by atoms with Crippen molar-refractivity contribution in [2.45, 2.75) is 30.5 Å². The minimum atomic E-state index is -0.292. The van der Waals surface area contributed by atoms with E-state index >= 15 is 0 Å². The molecule has 5 nitrogen and oxygen atoms in total. The maximum Gasteiger partial charge on any atom is 0.161 e. The number of thioether (sulfide) groups is 1. The zero-order valence-corrected chi connectivity index (χ0v) is 10.8. The van der Waals surface area contributed by atoms with Crippen molar-refractivity contribution in [2.75, 3.05) is 5.73 Å². The molecule has 1 aromatic carbocycles. The van der Waals surface area contributed by atoms with Gasteiger partial charge < -0.3 is 5.73 Å². The molecule has 0 aliphatic heterocycles. The van der Waals surface area contributed by atoms with Gasteiger partial charge >= 0.3 is 0 Å². The van der Waals surface area contributed by atoms with Crippen LogP contribution in [0.25, 0.3) is 0 Å². The van der Waals surface area contributed by atoms with Crippen molar-refractivity contribution in [2.24, 2.45) is 0 Å². The summed E-state index contributed by atoms with van der Waals surface area (Å²) in [7, 11) is 0. The zero-order chi connectivity index (χ0) is 13.0. The summed E-state index contributed by atoms with van der Waals surface area (Å²) in [6, 6.07) is 4.33. The lowest BCUT2D eigenvalue weighted by atomic mass is 10.3. The first-order valence-corrected chi connectivity index (χ1v) is 6.62. The fourth-order valence-electron chi connectivity index (χ4n) is 1.49. The maximum absolute atomic E-state index is 13.1. The van der Waals surface area contributed by atoms with Crippen LogP contribution in [0.4, 0.5) is 10.1 Å². The summed E-state index contributed by atoms with van der Waals surface area (Å²) in [5.74, 6) is 1.05. The molecule has 0 saturated carbocycles. The van der Waals surface area contributed by atoms with Crippen LogP contribution in [0.1, 0.15) is 19.2 Å². The number of nitrogens with two attached hydrogens (primary N) is 1. The van der Waals surface area contributed by atoms with Crippen molar-refractivity contribution in [3.8, 4) is 0 Å². The molecular formula is C11H14FN5S. The number of hydrogen-bond acceptors (Lipinski definition) is 5. The minimum absolute atomic E-state index is 0.292. The van der Waals surface area contributed by atoms with Crippen molar-refractivity contribution < 1.29 is 4.39 Å². The molecular weight excluding hydrogens is 253 g/mol. The van der Waals surface area contributed by atoms with E-state index in [-0.39, 0.29) is 5.82 Å². The molecule has 96 valence electrons. The van der Waals surface area contributed by atoms with Crippen molar-refractivity contribution in [1.82, 2.24) is 20.2 Å². The molecule has 0 fully saturated rings. The van der Waals surface area contributed by atoms with Gasteiger partial charge in [0.05, 0.1) is 5.75 Å². The highest BCUT2D eigenvalue weighted by Crippen LogP contribution is 2.28. The number of aromatic nitrogens is 4. The van der Waals surface area contributed by atoms with Crippen LogP contribution in [0.3, 0.4) is 0 Å². The highest BCUT2D eigenvalue weighted by Gasteiger charge is 2.08. The van der Waals surface area contributed by atoms with Gasteiger partial charge in [-0.05, 0) is 35.0 Å². The second kappa shape index (κ2) is 5.81. The van der Waals surface area contributed by atoms with Crippen molar-refractivity contribution >= 4 is 17.4 Å². The van der Waals surface area contributed by atoms with Crippen LogP contribution < -0.4 is 5.73 Å². The molecule has 18 heavy (non-hydrogen) atoms. The van der Waals surface area contributed by atoms with E-state index in [1.807, 2.05) is 0 Å². The highest BCUT2D eigenvalue weighted by atomic mass is 32.2. The number of halogens is 1. The van der Waals surface area contributed by atoms with Gasteiger partial charge in [-0.25, -0.2) is 9.07 Å². The van der Waals surface area contributed by atoms with Gasteiger partial charge in [-0.2, -0.15) is 0 Å². The molecule has 0 saturated heterocycles. The van der Waals surface area contributed by atoms with Gasteiger partial charge in [0.1, 0.15) is 5.82 Å². The van der Waals surface area contributed by atoms with Gasteiger partial charge in [0.25, 0.3) is 0 Å². The molecule has 0 radical (unpaired) electrons. The number of benzene rings is 1. The van der Waals surface area contributed by atoms with Crippen molar-refractivity contribution in [1.29, 1.82) is 0 Å². The number of nitrogens with zero attached hydrogens (tertiary/aromatic N) is 4. The number of aryl methyl sites for hydroxylation is 1. The maximum atomic E-state index is 13.1. The zero-order valence-electron chi connectivity index (χ0n) is 10.0. The standard InChI is InChI=1S/C11H14FN5S/c1-2-5-17-11(14-15-16-17)7-18-10-6-8(12)3-4-9(10)13/h3-4,6H,2,5,7,13H2,1H3. The molecule has 7 heteroatoms. The predicted octanol–water partition coefficient (Wildman–Crippen LogP) is 2.10. The molecule has 0 spiro atoms. The first-order valence-electron chi connectivity index (χ1n) is 5.63. The van der Waals surface area contributed by atoms with Crippen LogP contribution in [0.15, 0.2) is 23.1 Å². The van der Waals surface area contributed by atoms with Gasteiger partial charge in [0.2, 0.25) is 0 Å². The van der Waals surface area contributed by atoms with Crippen molar-refractivity contribution in [3.05, 3.63) is 29.8 Å². The Kier molecular flexibility index (Phi) is 4.14. The number of nitrogen functional groups attached to an aromatic ring is 1. The Morgan fingerprint density at radius 3 is 3.06 bits per heavy atom. The quantitative estimate of drug-likeness (QED) is 0.663. The molecule has 1 heterocycles. The fourth-order valence-corrected chi connectivity index (χ4v) is 2.41. The smallest absolute Gasteiger partial charge is 0.161 e. The minimum Gasteiger partial charge on any atom is -0.398 e. The van der Waals surface area contributed by atoms with E-state index < -0.39 is 0 Å². The van der Waals surface area contributed by atoms with Gasteiger partial charge in [-0.15, -0.1) is 16.9 Å². The largest absolute Gasteiger partial charge is 0.398 e. The predicted molar refractivity (Wildman–Crippen MR) is 68.5 cm³/mol. The Bertz CT molecular complexity index is 528. The highest BCUT2D eigenvalue weighted by molar-refractivity contribution is 7.98. The van der Waals surface area contributed by atoms with Crippen LogP contribution in [0.2, 0.25) is 0 Å². The summed E-state index contributed by atoms with van der Waals surface area (Å²) in [5, 5.41) is 11.5. The molecule has 0 unspecified atom stereocenters. The van der Waals surface area contributed by atoms with E-state index in [1.165, 1.54) is 23.9 Å². The Labute approximate surface area is 109 Å². The second-order valence-corrected chi connectivity index (χ2v) is 4.81. The normalized spacial score (nSPS) is 10.8. The summed E-state index contributed by atoms with van der Waals surface area (Å²) in [6.45, 7) is 2.84. The lowest BCUT2D eigenvalue weighted by Crippen LogP contribution is -2.04. The average Bonchev–Trinajstić information content (AvgIpc) is 2.78. The Hall–Kier alpha value is -1.63. The molecule has 2 N–H and O–H groups in total. The topological polar surface area (TPSA) is 69.6 Å². The third kappa shape index (κ3) is 2.98. The first kappa shape index (κ1) is 12.8. The van der Waals surface area contributed by atoms with Crippen LogP contribution in [-0.2, 0) is 12.3 Å². The number of anilines is 1. The van der Waals surface area contributed by atoms with Crippen LogP contribution >= 0.6 is 11.8 Å². The van der Waals surface area contributed by atoms with E-state index in [2.05, 4.69) is 22.4 Å². The summed E-state index contributed by atoms with van der Waals surface area (Å²) >= 11 is 1.43. The molecule has 0 bridgehead atoms. The average molecular weight is 267 g/mol. The Balaban J connectivity index is 2.06. The van der Waals surface area contributed by atoms with Gasteiger partial charge in [0.15, 0.2) is 5.82 Å². The molecule has 0 amide bonds. The number of hydrogen-bond donors (Lipinski definition) is 1. The van der Waals surface area contributed by atoms with E-state index in [1.54, 1.807) is 10.7 Å². The number of tetrazole rings is 1. The van der Waals surface area contributed by atoms with Gasteiger partial charge in [-0.1, -0.05) is 6.92 Å². The van der Waals surface area contributed by atoms with Crippen molar-refractivity contribution in [3.63, 3.8) is 0 Å². The fraction of sp³-hybridized carbons (Fsp3) is 0.364. The Morgan fingerprint density at radius 1 is 1.44 bits per heavy atom. The summed E-state index contributed by atoms with van der Waals surface area (Å²) in [5.41, 5.74) is 6.35. The summed E-state index contributed by atoms with van der Waals surface area (Å²) in [4.78, 5) is 0.709. The Morgan fingerprint density at radius 2 is 2.28 bits per heavy atom. The SMILES string of the molecule is CCCn1nnnc1CSc1cc(F)ccc1N. The molecule has 2 aromatic rings. The van der Waals surface area contributed by atoms with Crippen LogP contribution in [0.5, 0.6) is 0 Å². The number of rotatable bonds is 5. The molecule has 0 atom stereocenters. The third-order valence-corrected chi connectivity index (χ3v) is 3.44. The van der Waals surface area contributed by atoms with E-state index in [9.17, 15) is 4.39 Å². The van der Waals surface area contributed by atoms with E-state index in [0.29, 0.717) is 16.3 Å². The van der Waals surface area contributed by atoms with Gasteiger partial charge in [-0.3, -0.25) is 0 Å². The second-order valence-electron chi connectivity index (χ2n) is 3.79.